The van der Waals surface area contributed by atoms with Crippen molar-refractivity contribution in [3.05, 3.63) is 247 Å². The number of hydrogen-bond acceptors (Lipinski definition) is 2. The van der Waals surface area contributed by atoms with Crippen molar-refractivity contribution in [2.45, 2.75) is 15.2 Å². The Kier molecular flexibility index (Phi) is 7.06. The van der Waals surface area contributed by atoms with Gasteiger partial charge in [0, 0.05) is 15.2 Å². The van der Waals surface area contributed by atoms with Gasteiger partial charge in [-0.2, -0.15) is 0 Å². The van der Waals surface area contributed by atoms with Gasteiger partial charge in [0.15, 0.2) is 8.07 Å². The van der Waals surface area contributed by atoms with Crippen LogP contribution >= 0.6 is 11.8 Å². The fourth-order valence-corrected chi connectivity index (χ4v) is 18.9. The first-order valence-corrected chi connectivity index (χ1v) is 24.4. The number of rotatable bonds is 2. The largest absolute Gasteiger partial charge is 0.309 e. The summed E-state index contributed by atoms with van der Waals surface area (Å²) >= 11 is 1.89. The Morgan fingerprint density at radius 1 is 0.323 bits per heavy atom. The summed E-state index contributed by atoms with van der Waals surface area (Å²) in [6.45, 7) is 0. The van der Waals surface area contributed by atoms with Crippen molar-refractivity contribution in [1.29, 1.82) is 0 Å². The van der Waals surface area contributed by atoms with Crippen molar-refractivity contribution in [3.8, 4) is 33.4 Å². The number of fused-ring (bicyclic) bond motifs is 19. The molecular formula is C59H37NSSi. The fraction of sp³-hybridized carbons (Fsp3) is 0.0169. The molecule has 1 nitrogen and oxygen atoms in total. The molecule has 0 saturated carbocycles. The molecule has 4 heterocycles. The molecule has 0 fully saturated rings. The maximum Gasteiger partial charge on any atom is 0.182 e. The van der Waals surface area contributed by atoms with Gasteiger partial charge in [-0.25, -0.2) is 0 Å². The Bertz CT molecular complexity index is 3390. The molecule has 0 saturated heterocycles. The van der Waals surface area contributed by atoms with E-state index in [-0.39, 0.29) is 0 Å². The number of hydrogen-bond donors (Lipinski definition) is 0. The molecule has 0 N–H and O–H groups in total. The van der Waals surface area contributed by atoms with Gasteiger partial charge in [-0.3, -0.25) is 0 Å². The van der Waals surface area contributed by atoms with E-state index < -0.39 is 13.5 Å². The lowest BCUT2D eigenvalue weighted by atomic mass is 9.62. The molecule has 0 atom stereocenters. The summed E-state index contributed by atoms with van der Waals surface area (Å²) < 4.78 is 0. The van der Waals surface area contributed by atoms with E-state index in [2.05, 4.69) is 229 Å². The quantitative estimate of drug-likeness (QED) is 0.160. The average Bonchev–Trinajstić information content (AvgIpc) is 3.81. The third kappa shape index (κ3) is 4.25. The van der Waals surface area contributed by atoms with Gasteiger partial charge in [0.2, 0.25) is 0 Å². The first-order chi connectivity index (χ1) is 30.8. The summed E-state index contributed by atoms with van der Waals surface area (Å²) in [7, 11) is -2.58. The minimum absolute atomic E-state index is 0.475. The SMILES string of the molecule is c1ccc2c(c1)Sc1ccccc1C21c2ccccc2N(c2ccc(-c3ccc4c(c3)[Si]3(c5ccccc5-c5ccccc53)c3ccccc3-4)c3ccccc23)c2ccccc21. The van der Waals surface area contributed by atoms with Crippen molar-refractivity contribution in [2.24, 2.45) is 0 Å². The third-order valence-corrected chi connectivity index (χ3v) is 20.5. The van der Waals surface area contributed by atoms with Crippen LogP contribution < -0.4 is 25.6 Å². The highest BCUT2D eigenvalue weighted by molar-refractivity contribution is 7.99. The molecule has 288 valence electrons. The van der Waals surface area contributed by atoms with Crippen molar-refractivity contribution >= 4 is 68.4 Å². The van der Waals surface area contributed by atoms with Gasteiger partial charge in [0.25, 0.3) is 0 Å². The van der Waals surface area contributed by atoms with Crippen LogP contribution in [0.4, 0.5) is 17.1 Å². The fourth-order valence-electron chi connectivity index (χ4n) is 12.1. The van der Waals surface area contributed by atoms with Crippen LogP contribution in [0.2, 0.25) is 0 Å². The van der Waals surface area contributed by atoms with Crippen LogP contribution in [0.3, 0.4) is 0 Å². The molecule has 0 amide bonds. The van der Waals surface area contributed by atoms with Crippen molar-refractivity contribution in [3.63, 3.8) is 0 Å². The highest BCUT2D eigenvalue weighted by Gasteiger charge is 2.54. The molecule has 2 spiro atoms. The summed E-state index contributed by atoms with van der Waals surface area (Å²) in [6.07, 6.45) is 0. The van der Waals surface area contributed by atoms with Gasteiger partial charge in [-0.05, 0) is 112 Å². The second kappa shape index (κ2) is 12.7. The highest BCUT2D eigenvalue weighted by atomic mass is 32.2. The number of para-hydroxylation sites is 2. The molecule has 0 unspecified atom stereocenters. The van der Waals surface area contributed by atoms with Crippen LogP contribution in [0.15, 0.2) is 234 Å². The zero-order chi connectivity index (χ0) is 40.6. The topological polar surface area (TPSA) is 3.24 Å². The summed E-state index contributed by atoms with van der Waals surface area (Å²) in [4.78, 5) is 5.17. The van der Waals surface area contributed by atoms with E-state index in [1.807, 2.05) is 11.8 Å². The Morgan fingerprint density at radius 3 is 1.34 bits per heavy atom. The van der Waals surface area contributed by atoms with Gasteiger partial charge < -0.3 is 4.90 Å². The van der Waals surface area contributed by atoms with E-state index in [1.165, 1.54) is 114 Å². The third-order valence-electron chi connectivity index (χ3n) is 14.4. The van der Waals surface area contributed by atoms with E-state index in [4.69, 9.17) is 0 Å². The van der Waals surface area contributed by atoms with Crippen LogP contribution in [0.1, 0.15) is 22.3 Å². The highest BCUT2D eigenvalue weighted by Crippen LogP contribution is 2.63. The van der Waals surface area contributed by atoms with Gasteiger partial charge >= 0.3 is 0 Å². The second-order valence-corrected chi connectivity index (χ2v) is 21.8. The van der Waals surface area contributed by atoms with Crippen LogP contribution in [0.5, 0.6) is 0 Å². The smallest absolute Gasteiger partial charge is 0.182 e. The molecule has 0 radical (unpaired) electrons. The maximum absolute atomic E-state index is 2.58. The van der Waals surface area contributed by atoms with Crippen LogP contribution in [-0.2, 0) is 5.41 Å². The maximum atomic E-state index is 2.58. The molecule has 62 heavy (non-hydrogen) atoms. The normalized spacial score (nSPS) is 14.9. The van der Waals surface area contributed by atoms with Crippen LogP contribution in [0.25, 0.3) is 44.2 Å². The molecular weight excluding hydrogens is 783 g/mol. The van der Waals surface area contributed by atoms with Gasteiger partial charge in [0.05, 0.1) is 22.5 Å². The Labute approximate surface area is 366 Å². The lowest BCUT2D eigenvalue weighted by molar-refractivity contribution is 0.692. The monoisotopic (exact) mass is 819 g/mol. The summed E-state index contributed by atoms with van der Waals surface area (Å²) in [5, 5.41) is 8.50. The molecule has 4 aliphatic rings. The molecule has 10 aromatic carbocycles. The molecule has 14 rings (SSSR count). The first-order valence-electron chi connectivity index (χ1n) is 21.6. The zero-order valence-electron chi connectivity index (χ0n) is 33.7. The second-order valence-electron chi connectivity index (χ2n) is 17.0. The minimum Gasteiger partial charge on any atom is -0.309 e. The number of nitrogens with zero attached hydrogens (tertiary/aromatic N) is 1. The molecule has 10 aromatic rings. The lowest BCUT2D eigenvalue weighted by Gasteiger charge is -2.49. The van der Waals surface area contributed by atoms with E-state index in [0.29, 0.717) is 0 Å². The number of benzene rings is 10. The number of anilines is 3. The molecule has 0 aliphatic carbocycles. The van der Waals surface area contributed by atoms with E-state index in [9.17, 15) is 0 Å². The molecule has 4 aliphatic heterocycles. The standard InChI is InChI=1S/C59H37NSSi/c1-2-18-41-40(17-1)39(38-33-34-45-44-21-5-16-32-57(44)62(58(45)37-38)55-30-14-3-19-42(55)43-20-4-15-31-56(43)62)35-36-50(41)60-51-26-10-6-22-46(51)59(47-23-7-11-27-52(47)60)48-24-8-12-28-53(48)61-54-29-13-9-25-49(54)59/h1-37H. The van der Waals surface area contributed by atoms with Crippen LogP contribution in [0, 0.1) is 0 Å². The summed E-state index contributed by atoms with van der Waals surface area (Å²) in [5.74, 6) is 0. The van der Waals surface area contributed by atoms with E-state index >= 15 is 0 Å². The first kappa shape index (κ1) is 34.5. The van der Waals surface area contributed by atoms with E-state index in [0.717, 1.165) is 0 Å². The van der Waals surface area contributed by atoms with E-state index in [1.54, 1.807) is 0 Å². The van der Waals surface area contributed by atoms with Crippen molar-refractivity contribution < 1.29 is 0 Å². The summed E-state index contributed by atoms with van der Waals surface area (Å²) in [5.41, 5.74) is 16.5. The minimum atomic E-state index is -2.58. The average molecular weight is 820 g/mol. The molecule has 3 heteroatoms. The van der Waals surface area contributed by atoms with Crippen molar-refractivity contribution in [2.75, 3.05) is 4.90 Å². The molecule has 0 bridgehead atoms. The Morgan fingerprint density at radius 2 is 0.758 bits per heavy atom. The van der Waals surface area contributed by atoms with Gasteiger partial charge in [-0.15, -0.1) is 0 Å². The van der Waals surface area contributed by atoms with Gasteiger partial charge in [0.1, 0.15) is 0 Å². The summed E-state index contributed by atoms with van der Waals surface area (Å²) in [6, 6.07) is 85.3. The predicted molar refractivity (Wildman–Crippen MR) is 262 cm³/mol. The Balaban J connectivity index is 0.995. The molecule has 0 aromatic heterocycles. The van der Waals surface area contributed by atoms with Gasteiger partial charge in [-0.1, -0.05) is 206 Å². The Hall–Kier alpha value is -7.17. The zero-order valence-corrected chi connectivity index (χ0v) is 35.5. The predicted octanol–water partition coefficient (Wildman–Crippen LogP) is 12.5. The lowest BCUT2D eigenvalue weighted by Crippen LogP contribution is -2.70. The van der Waals surface area contributed by atoms with Crippen LogP contribution in [-0.4, -0.2) is 8.07 Å². The van der Waals surface area contributed by atoms with Crippen molar-refractivity contribution in [1.82, 2.24) is 0 Å².